The fourth-order valence-electron chi connectivity index (χ4n) is 2.08. The van der Waals surface area contributed by atoms with Crippen molar-refractivity contribution in [3.8, 4) is 0 Å². The molecule has 1 atom stereocenters. The highest BCUT2D eigenvalue weighted by Gasteiger charge is 2.16. The third-order valence-corrected chi connectivity index (χ3v) is 2.83. The first-order chi connectivity index (χ1) is 6.77. The molecule has 2 rings (SSSR count). The lowest BCUT2D eigenvalue weighted by atomic mass is 9.97. The molecule has 0 saturated carbocycles. The molecule has 0 bridgehead atoms. The zero-order valence-electron chi connectivity index (χ0n) is 8.59. The highest BCUT2D eigenvalue weighted by molar-refractivity contribution is 5.35. The molecule has 1 fully saturated rings. The molecule has 1 aromatic heterocycles. The Kier molecular flexibility index (Phi) is 2.68. The largest absolute Gasteiger partial charge is 0.384 e. The molecule has 1 saturated heterocycles. The third-order valence-electron chi connectivity index (χ3n) is 2.83. The lowest BCUT2D eigenvalue weighted by molar-refractivity contribution is 0.410. The van der Waals surface area contributed by atoms with Crippen LogP contribution in [0.1, 0.15) is 36.6 Å². The summed E-state index contributed by atoms with van der Waals surface area (Å²) in [5.74, 6) is 0.613. The highest BCUT2D eigenvalue weighted by atomic mass is 14.9. The van der Waals surface area contributed by atoms with Gasteiger partial charge in [0.2, 0.25) is 0 Å². The molecule has 1 aliphatic heterocycles. The van der Waals surface area contributed by atoms with E-state index in [2.05, 4.69) is 16.4 Å². The standard InChI is InChI=1S/C11H17N3/c1-8-9(5-6-11(12)14-8)10-4-2-3-7-13-10/h5-6,10,13H,2-4,7H2,1H3,(H2,12,14)/t10-/m0/s1. The maximum absolute atomic E-state index is 5.63. The summed E-state index contributed by atoms with van der Waals surface area (Å²) in [5.41, 5.74) is 7.99. The first-order valence-corrected chi connectivity index (χ1v) is 5.24. The molecule has 1 aliphatic rings. The van der Waals surface area contributed by atoms with Gasteiger partial charge in [0.25, 0.3) is 0 Å². The van der Waals surface area contributed by atoms with Crippen LogP contribution in [0.3, 0.4) is 0 Å². The molecule has 3 N–H and O–H groups in total. The van der Waals surface area contributed by atoms with E-state index in [0.717, 1.165) is 12.2 Å². The minimum Gasteiger partial charge on any atom is -0.384 e. The van der Waals surface area contributed by atoms with Gasteiger partial charge in [-0.15, -0.1) is 0 Å². The Morgan fingerprint density at radius 3 is 2.93 bits per heavy atom. The molecule has 0 radical (unpaired) electrons. The van der Waals surface area contributed by atoms with Crippen LogP contribution in [0.2, 0.25) is 0 Å². The van der Waals surface area contributed by atoms with Gasteiger partial charge in [-0.05, 0) is 37.9 Å². The molecule has 0 aliphatic carbocycles. The average molecular weight is 191 g/mol. The number of anilines is 1. The Morgan fingerprint density at radius 1 is 1.43 bits per heavy atom. The van der Waals surface area contributed by atoms with Crippen LogP contribution in [-0.2, 0) is 0 Å². The third kappa shape index (κ3) is 1.87. The zero-order chi connectivity index (χ0) is 9.97. The SMILES string of the molecule is Cc1nc(N)ccc1[C@@H]1CCCCN1. The number of aryl methyl sites for hydroxylation is 1. The molecule has 76 valence electrons. The second-order valence-corrected chi connectivity index (χ2v) is 3.91. The number of rotatable bonds is 1. The van der Waals surface area contributed by atoms with E-state index in [9.17, 15) is 0 Å². The molecule has 3 nitrogen and oxygen atoms in total. The number of piperidine rings is 1. The second kappa shape index (κ2) is 3.96. The van der Waals surface area contributed by atoms with Crippen molar-refractivity contribution in [1.82, 2.24) is 10.3 Å². The van der Waals surface area contributed by atoms with Crippen molar-refractivity contribution in [1.29, 1.82) is 0 Å². The van der Waals surface area contributed by atoms with Crippen molar-refractivity contribution in [2.24, 2.45) is 0 Å². The Labute approximate surface area is 84.7 Å². The molecule has 0 aromatic carbocycles. The maximum Gasteiger partial charge on any atom is 0.123 e. The number of hydrogen-bond donors (Lipinski definition) is 2. The van der Waals surface area contributed by atoms with Gasteiger partial charge in [0, 0.05) is 11.7 Å². The van der Waals surface area contributed by atoms with Crippen LogP contribution in [0.25, 0.3) is 0 Å². The van der Waals surface area contributed by atoms with Gasteiger partial charge in [0.1, 0.15) is 5.82 Å². The fraction of sp³-hybridized carbons (Fsp3) is 0.545. The van der Waals surface area contributed by atoms with E-state index in [0.29, 0.717) is 11.9 Å². The van der Waals surface area contributed by atoms with Crippen LogP contribution in [0.15, 0.2) is 12.1 Å². The summed E-state index contributed by atoms with van der Waals surface area (Å²) < 4.78 is 0. The van der Waals surface area contributed by atoms with Crippen LogP contribution in [0, 0.1) is 6.92 Å². The minimum atomic E-state index is 0.483. The van der Waals surface area contributed by atoms with Gasteiger partial charge in [-0.2, -0.15) is 0 Å². The number of nitrogen functional groups attached to an aromatic ring is 1. The van der Waals surface area contributed by atoms with E-state index < -0.39 is 0 Å². The molecule has 1 aromatic rings. The second-order valence-electron chi connectivity index (χ2n) is 3.91. The smallest absolute Gasteiger partial charge is 0.123 e. The maximum atomic E-state index is 5.63. The van der Waals surface area contributed by atoms with Gasteiger partial charge in [-0.3, -0.25) is 0 Å². The summed E-state index contributed by atoms with van der Waals surface area (Å²) in [5, 5.41) is 3.51. The number of nitrogens with zero attached hydrogens (tertiary/aromatic N) is 1. The van der Waals surface area contributed by atoms with Crippen molar-refractivity contribution in [2.45, 2.75) is 32.2 Å². The lowest BCUT2D eigenvalue weighted by Crippen LogP contribution is -2.27. The van der Waals surface area contributed by atoms with Crippen LogP contribution >= 0.6 is 0 Å². The molecular formula is C11H17N3. The number of pyridine rings is 1. The summed E-state index contributed by atoms with van der Waals surface area (Å²) in [6.07, 6.45) is 3.81. The fourth-order valence-corrected chi connectivity index (χ4v) is 2.08. The number of nitrogens with two attached hydrogens (primary N) is 1. The van der Waals surface area contributed by atoms with Gasteiger partial charge in [0.15, 0.2) is 0 Å². The Hall–Kier alpha value is -1.09. The van der Waals surface area contributed by atoms with E-state index in [1.54, 1.807) is 0 Å². The van der Waals surface area contributed by atoms with Crippen molar-refractivity contribution in [3.05, 3.63) is 23.4 Å². The van der Waals surface area contributed by atoms with E-state index >= 15 is 0 Å². The predicted molar refractivity (Wildman–Crippen MR) is 58.0 cm³/mol. The van der Waals surface area contributed by atoms with E-state index in [-0.39, 0.29) is 0 Å². The highest BCUT2D eigenvalue weighted by Crippen LogP contribution is 2.24. The molecular weight excluding hydrogens is 174 g/mol. The quantitative estimate of drug-likeness (QED) is 0.711. The minimum absolute atomic E-state index is 0.483. The normalized spacial score (nSPS) is 22.2. The average Bonchev–Trinajstić information content (AvgIpc) is 2.19. The summed E-state index contributed by atoms with van der Waals surface area (Å²) in [6, 6.07) is 4.47. The van der Waals surface area contributed by atoms with Crippen LogP contribution in [0.5, 0.6) is 0 Å². The van der Waals surface area contributed by atoms with Crippen molar-refractivity contribution in [2.75, 3.05) is 12.3 Å². The molecule has 2 heterocycles. The first-order valence-electron chi connectivity index (χ1n) is 5.24. The van der Waals surface area contributed by atoms with E-state index in [4.69, 9.17) is 5.73 Å². The van der Waals surface area contributed by atoms with Crippen LogP contribution < -0.4 is 11.1 Å². The lowest BCUT2D eigenvalue weighted by Gasteiger charge is -2.24. The van der Waals surface area contributed by atoms with Crippen molar-refractivity contribution >= 4 is 5.82 Å². The number of aromatic nitrogens is 1. The molecule has 0 unspecified atom stereocenters. The summed E-state index contributed by atoms with van der Waals surface area (Å²) in [7, 11) is 0. The predicted octanol–water partition coefficient (Wildman–Crippen LogP) is 1.79. The first kappa shape index (κ1) is 9.46. The molecule has 0 spiro atoms. The number of hydrogen-bond acceptors (Lipinski definition) is 3. The molecule has 3 heteroatoms. The van der Waals surface area contributed by atoms with Gasteiger partial charge in [-0.25, -0.2) is 4.98 Å². The Morgan fingerprint density at radius 2 is 2.29 bits per heavy atom. The van der Waals surface area contributed by atoms with Crippen molar-refractivity contribution < 1.29 is 0 Å². The summed E-state index contributed by atoms with van der Waals surface area (Å²) >= 11 is 0. The van der Waals surface area contributed by atoms with Gasteiger partial charge >= 0.3 is 0 Å². The van der Waals surface area contributed by atoms with E-state index in [1.165, 1.54) is 24.8 Å². The van der Waals surface area contributed by atoms with Gasteiger partial charge < -0.3 is 11.1 Å². The topological polar surface area (TPSA) is 50.9 Å². The Bertz CT molecular complexity index is 316. The van der Waals surface area contributed by atoms with Crippen LogP contribution in [-0.4, -0.2) is 11.5 Å². The monoisotopic (exact) mass is 191 g/mol. The molecule has 14 heavy (non-hydrogen) atoms. The number of nitrogens with one attached hydrogen (secondary N) is 1. The molecule has 0 amide bonds. The van der Waals surface area contributed by atoms with Gasteiger partial charge in [0.05, 0.1) is 0 Å². The van der Waals surface area contributed by atoms with E-state index in [1.807, 2.05) is 13.0 Å². The Balaban J connectivity index is 2.22. The summed E-state index contributed by atoms with van der Waals surface area (Å²) in [6.45, 7) is 3.15. The van der Waals surface area contributed by atoms with Crippen LogP contribution in [0.4, 0.5) is 5.82 Å². The van der Waals surface area contributed by atoms with Gasteiger partial charge in [-0.1, -0.05) is 12.5 Å². The van der Waals surface area contributed by atoms with Crippen molar-refractivity contribution in [3.63, 3.8) is 0 Å². The zero-order valence-corrected chi connectivity index (χ0v) is 8.59. The summed E-state index contributed by atoms with van der Waals surface area (Å²) in [4.78, 5) is 4.29.